The number of nitrogens with zero attached hydrogens (tertiary/aromatic N) is 4. The number of benzene rings is 2. The van der Waals surface area contributed by atoms with Gasteiger partial charge in [-0.1, -0.05) is 23.4 Å². The van der Waals surface area contributed by atoms with Gasteiger partial charge in [0.15, 0.2) is 5.84 Å². The molecular weight excluding hydrogens is 491 g/mol. The zero-order chi connectivity index (χ0) is 23.6. The lowest BCUT2D eigenvalue weighted by Crippen LogP contribution is -2.45. The van der Waals surface area contributed by atoms with E-state index in [4.69, 9.17) is 9.57 Å². The highest BCUT2D eigenvalue weighted by atomic mass is 79.9. The Morgan fingerprint density at radius 1 is 1.27 bits per heavy atom. The summed E-state index contributed by atoms with van der Waals surface area (Å²) in [6.07, 6.45) is 5.57. The van der Waals surface area contributed by atoms with Crippen LogP contribution in [0.4, 0.5) is 4.39 Å². The highest BCUT2D eigenvalue weighted by Gasteiger charge is 2.44. The van der Waals surface area contributed by atoms with Crippen molar-refractivity contribution >= 4 is 27.8 Å². The van der Waals surface area contributed by atoms with Gasteiger partial charge in [0.05, 0.1) is 35.9 Å². The second-order valence-corrected chi connectivity index (χ2v) is 8.57. The molecule has 2 aromatic carbocycles. The molecule has 1 atom stereocenters. The molecule has 1 unspecified atom stereocenters. The van der Waals surface area contributed by atoms with Crippen LogP contribution in [0.5, 0.6) is 5.75 Å². The molecule has 7 nitrogen and oxygen atoms in total. The van der Waals surface area contributed by atoms with E-state index >= 15 is 0 Å². The minimum atomic E-state index is -0.987. The SMILES string of the molecule is COc1cc(/C=C(\Br)C2=NOC(C)(c3ccc(F)cc3)N2CCO)ccc1-n1cnc(C)c1. The number of halogens is 2. The van der Waals surface area contributed by atoms with Crippen LogP contribution in [0.2, 0.25) is 0 Å². The molecule has 0 aliphatic carbocycles. The van der Waals surface area contributed by atoms with E-state index in [9.17, 15) is 9.50 Å². The van der Waals surface area contributed by atoms with E-state index < -0.39 is 5.72 Å². The summed E-state index contributed by atoms with van der Waals surface area (Å²) in [6.45, 7) is 3.93. The number of β-amino-alcohol motifs (C(OH)–C–C–N with tert-alkyl or cyclic N) is 1. The third-order valence-electron chi connectivity index (χ3n) is 5.48. The Balaban J connectivity index is 1.64. The summed E-state index contributed by atoms with van der Waals surface area (Å²) in [5.41, 5.74) is 2.40. The molecule has 2 heterocycles. The molecule has 1 aromatic heterocycles. The van der Waals surface area contributed by atoms with E-state index in [1.54, 1.807) is 25.6 Å². The smallest absolute Gasteiger partial charge is 0.234 e. The average Bonchev–Trinajstić information content (AvgIpc) is 3.38. The fourth-order valence-electron chi connectivity index (χ4n) is 3.75. The van der Waals surface area contributed by atoms with Gasteiger partial charge in [-0.2, -0.15) is 0 Å². The van der Waals surface area contributed by atoms with Crippen molar-refractivity contribution in [2.75, 3.05) is 20.3 Å². The first-order valence-electron chi connectivity index (χ1n) is 10.3. The maximum absolute atomic E-state index is 13.4. The van der Waals surface area contributed by atoms with Crippen LogP contribution in [-0.4, -0.2) is 45.7 Å². The van der Waals surface area contributed by atoms with Crippen molar-refractivity contribution in [3.8, 4) is 11.4 Å². The molecule has 1 aliphatic rings. The van der Waals surface area contributed by atoms with Gasteiger partial charge in [0.2, 0.25) is 5.72 Å². The molecular formula is C24H24BrFN4O3. The zero-order valence-corrected chi connectivity index (χ0v) is 20.1. The van der Waals surface area contributed by atoms with Crippen LogP contribution in [0.15, 0.2) is 64.6 Å². The summed E-state index contributed by atoms with van der Waals surface area (Å²) in [5, 5.41) is 14.0. The maximum atomic E-state index is 13.4. The summed E-state index contributed by atoms with van der Waals surface area (Å²) in [5.74, 6) is 0.873. The molecule has 0 saturated heterocycles. The predicted molar refractivity (Wildman–Crippen MR) is 128 cm³/mol. The molecule has 0 spiro atoms. The minimum Gasteiger partial charge on any atom is -0.495 e. The Morgan fingerprint density at radius 2 is 2.03 bits per heavy atom. The van der Waals surface area contributed by atoms with Gasteiger partial charge in [-0.05, 0) is 58.8 Å². The Kier molecular flexibility index (Phi) is 6.53. The van der Waals surface area contributed by atoms with Gasteiger partial charge in [-0.3, -0.25) is 0 Å². The first kappa shape index (κ1) is 23.0. The molecule has 33 heavy (non-hydrogen) atoms. The Morgan fingerprint density at radius 3 is 2.67 bits per heavy atom. The average molecular weight is 515 g/mol. The second-order valence-electron chi connectivity index (χ2n) is 7.72. The number of aliphatic hydroxyl groups is 1. The Bertz CT molecular complexity index is 1210. The van der Waals surface area contributed by atoms with Crippen molar-refractivity contribution in [3.63, 3.8) is 0 Å². The number of imidazole rings is 1. The van der Waals surface area contributed by atoms with E-state index in [1.165, 1.54) is 12.1 Å². The number of oxime groups is 1. The lowest BCUT2D eigenvalue weighted by molar-refractivity contribution is -0.0932. The Hall–Kier alpha value is -3.17. The van der Waals surface area contributed by atoms with Crippen LogP contribution < -0.4 is 4.74 Å². The number of aryl methyl sites for hydroxylation is 1. The van der Waals surface area contributed by atoms with Gasteiger partial charge < -0.3 is 24.1 Å². The van der Waals surface area contributed by atoms with Crippen LogP contribution in [0.3, 0.4) is 0 Å². The molecule has 0 amide bonds. The predicted octanol–water partition coefficient (Wildman–Crippen LogP) is 4.58. The lowest BCUT2D eigenvalue weighted by atomic mass is 10.0. The second kappa shape index (κ2) is 9.36. The van der Waals surface area contributed by atoms with Crippen molar-refractivity contribution in [2.24, 2.45) is 5.16 Å². The van der Waals surface area contributed by atoms with Crippen LogP contribution in [0.25, 0.3) is 11.8 Å². The van der Waals surface area contributed by atoms with Crippen LogP contribution in [0.1, 0.15) is 23.7 Å². The van der Waals surface area contributed by atoms with Crippen molar-refractivity contribution < 1.29 is 19.1 Å². The highest BCUT2D eigenvalue weighted by Crippen LogP contribution is 2.38. The monoisotopic (exact) mass is 514 g/mol. The topological polar surface area (TPSA) is 72.1 Å². The van der Waals surface area contributed by atoms with Gasteiger partial charge in [0, 0.05) is 25.2 Å². The molecule has 1 aliphatic heterocycles. The number of methoxy groups -OCH3 is 1. The zero-order valence-electron chi connectivity index (χ0n) is 18.5. The molecule has 3 aromatic rings. The lowest BCUT2D eigenvalue weighted by Gasteiger charge is -2.34. The number of hydrogen-bond donors (Lipinski definition) is 1. The van der Waals surface area contributed by atoms with E-state index in [1.807, 2.05) is 53.8 Å². The van der Waals surface area contributed by atoms with E-state index in [0.717, 1.165) is 22.5 Å². The quantitative estimate of drug-likeness (QED) is 0.499. The van der Waals surface area contributed by atoms with Crippen molar-refractivity contribution in [3.05, 3.63) is 82.1 Å². The molecule has 0 radical (unpaired) electrons. The standard InChI is InChI=1S/C24H24BrFN4O3/c1-16-14-29(15-27-16)21-9-4-17(13-22(21)32-3)12-20(25)23-28-33-24(2,30(23)10-11-31)18-5-7-19(26)8-6-18/h4-9,12-15,31H,10-11H2,1-3H3/b20-12-. The first-order valence-corrected chi connectivity index (χ1v) is 11.1. The van der Waals surface area contributed by atoms with E-state index in [2.05, 4.69) is 26.1 Å². The minimum absolute atomic E-state index is 0.105. The largest absolute Gasteiger partial charge is 0.495 e. The first-order chi connectivity index (χ1) is 15.9. The number of aromatic nitrogens is 2. The molecule has 4 rings (SSSR count). The number of aliphatic hydroxyl groups excluding tert-OH is 1. The van der Waals surface area contributed by atoms with Gasteiger partial charge in [-0.25, -0.2) is 9.37 Å². The van der Waals surface area contributed by atoms with Crippen molar-refractivity contribution in [1.29, 1.82) is 0 Å². The molecule has 0 bridgehead atoms. The van der Waals surface area contributed by atoms with Crippen molar-refractivity contribution in [1.82, 2.24) is 14.5 Å². The van der Waals surface area contributed by atoms with E-state index in [-0.39, 0.29) is 19.0 Å². The molecule has 0 saturated carbocycles. The number of amidine groups is 1. The molecule has 0 fully saturated rings. The highest BCUT2D eigenvalue weighted by molar-refractivity contribution is 9.12. The normalized spacial score (nSPS) is 18.3. The Labute approximate surface area is 199 Å². The summed E-state index contributed by atoms with van der Waals surface area (Å²) < 4.78 is 21.6. The van der Waals surface area contributed by atoms with Gasteiger partial charge in [-0.15, -0.1) is 0 Å². The number of ether oxygens (including phenoxy) is 1. The maximum Gasteiger partial charge on any atom is 0.234 e. The van der Waals surface area contributed by atoms with Gasteiger partial charge in [0.25, 0.3) is 0 Å². The van der Waals surface area contributed by atoms with Gasteiger partial charge >= 0.3 is 0 Å². The fourth-order valence-corrected chi connectivity index (χ4v) is 4.30. The molecule has 9 heteroatoms. The van der Waals surface area contributed by atoms with Crippen molar-refractivity contribution in [2.45, 2.75) is 19.6 Å². The number of hydrogen-bond acceptors (Lipinski definition) is 6. The molecule has 172 valence electrons. The summed E-state index contributed by atoms with van der Waals surface area (Å²) >= 11 is 3.61. The fraction of sp³-hybridized carbons (Fsp3) is 0.250. The molecule has 1 N–H and O–H groups in total. The van der Waals surface area contributed by atoms with E-state index in [0.29, 0.717) is 16.1 Å². The summed E-state index contributed by atoms with van der Waals surface area (Å²) in [4.78, 5) is 11.9. The number of rotatable bonds is 7. The summed E-state index contributed by atoms with van der Waals surface area (Å²) in [7, 11) is 1.62. The van der Waals surface area contributed by atoms with Gasteiger partial charge in [0.1, 0.15) is 11.6 Å². The summed E-state index contributed by atoms with van der Waals surface area (Å²) in [6, 6.07) is 11.9. The van der Waals surface area contributed by atoms with Crippen LogP contribution in [-0.2, 0) is 10.6 Å². The van der Waals surface area contributed by atoms with Crippen LogP contribution in [0, 0.1) is 12.7 Å². The van der Waals surface area contributed by atoms with Crippen LogP contribution >= 0.6 is 15.9 Å². The third kappa shape index (κ3) is 4.51. The third-order valence-corrected chi connectivity index (χ3v) is 6.07.